The first-order chi connectivity index (χ1) is 19.3. The standard InChI is InChI=1S/C29H37ClN6O2.C2H6/c1-4-5-24(30)15-25-19-36(18-23-17-33-35(3)28(23)34-25)29(38)26-8-6-22(14-20(26)2)16-32-27(37)9-7-21-10-12-31-13-11-21;1-2/h4-6,8,14-15,17,21,31,34H,1,7,9-13,16,18-19H2,2-3H3,(H,32,37);1-2H3/b24-5+,25-15+;. The van der Waals surface area contributed by atoms with Crippen molar-refractivity contribution in [3.63, 3.8) is 0 Å². The Morgan fingerprint density at radius 3 is 2.67 bits per heavy atom. The number of piperidine rings is 1. The molecule has 2 amide bonds. The molecule has 8 nitrogen and oxygen atoms in total. The Hall–Kier alpha value is -3.36. The molecule has 1 fully saturated rings. The monoisotopic (exact) mass is 566 g/mol. The van der Waals surface area contributed by atoms with Crippen molar-refractivity contribution in [1.29, 1.82) is 0 Å². The number of anilines is 1. The zero-order chi connectivity index (χ0) is 29.1. The highest BCUT2D eigenvalue weighted by atomic mass is 35.5. The molecule has 40 heavy (non-hydrogen) atoms. The molecule has 1 saturated heterocycles. The Morgan fingerprint density at radius 2 is 1.98 bits per heavy atom. The number of amides is 2. The van der Waals surface area contributed by atoms with Gasteiger partial charge in [-0.05, 0) is 74.5 Å². The van der Waals surface area contributed by atoms with Crippen LogP contribution < -0.4 is 16.0 Å². The van der Waals surface area contributed by atoms with Crippen molar-refractivity contribution in [3.8, 4) is 0 Å². The summed E-state index contributed by atoms with van der Waals surface area (Å²) in [5.74, 6) is 1.47. The van der Waals surface area contributed by atoms with Crippen LogP contribution in [0.4, 0.5) is 5.82 Å². The Balaban J connectivity index is 0.00000216. The number of nitrogens with one attached hydrogen (secondary N) is 3. The van der Waals surface area contributed by atoms with E-state index in [0.717, 1.165) is 60.6 Å². The van der Waals surface area contributed by atoms with Crippen LogP contribution in [-0.4, -0.2) is 46.1 Å². The highest BCUT2D eigenvalue weighted by Gasteiger charge is 2.25. The number of carbonyl (C=O) groups excluding carboxylic acids is 2. The van der Waals surface area contributed by atoms with Gasteiger partial charge in [-0.3, -0.25) is 14.3 Å². The normalized spacial score (nSPS) is 16.8. The number of nitrogens with zero attached hydrogens (tertiary/aromatic N) is 3. The lowest BCUT2D eigenvalue weighted by molar-refractivity contribution is -0.121. The van der Waals surface area contributed by atoms with Gasteiger partial charge in [0.15, 0.2) is 0 Å². The van der Waals surface area contributed by atoms with Crippen molar-refractivity contribution in [2.75, 3.05) is 25.0 Å². The van der Waals surface area contributed by atoms with Gasteiger partial charge in [-0.15, -0.1) is 0 Å². The zero-order valence-corrected chi connectivity index (χ0v) is 25.0. The average Bonchev–Trinajstić information content (AvgIpc) is 3.18. The van der Waals surface area contributed by atoms with Gasteiger partial charge in [0.1, 0.15) is 5.82 Å². The predicted molar refractivity (Wildman–Crippen MR) is 163 cm³/mol. The van der Waals surface area contributed by atoms with E-state index in [-0.39, 0.29) is 11.8 Å². The third-order valence-electron chi connectivity index (χ3n) is 7.14. The third-order valence-corrected chi connectivity index (χ3v) is 7.38. The maximum atomic E-state index is 13.7. The number of hydrogen-bond acceptors (Lipinski definition) is 5. The van der Waals surface area contributed by atoms with Crippen LogP contribution in [0.1, 0.15) is 66.6 Å². The fraction of sp³-hybridized carbons (Fsp3) is 0.452. The third kappa shape index (κ3) is 8.57. The number of allylic oxidation sites excluding steroid dienone is 4. The number of benzene rings is 1. The number of aromatic nitrogens is 2. The molecule has 0 bridgehead atoms. The van der Waals surface area contributed by atoms with Crippen LogP contribution in [0.2, 0.25) is 0 Å². The smallest absolute Gasteiger partial charge is 0.254 e. The Labute approximate surface area is 243 Å². The zero-order valence-electron chi connectivity index (χ0n) is 24.2. The molecule has 1 aromatic carbocycles. The summed E-state index contributed by atoms with van der Waals surface area (Å²) in [4.78, 5) is 27.8. The second-order valence-corrected chi connectivity index (χ2v) is 10.5. The van der Waals surface area contributed by atoms with Gasteiger partial charge in [0, 0.05) is 41.9 Å². The molecule has 0 spiro atoms. The number of aryl methyl sites for hydroxylation is 2. The van der Waals surface area contributed by atoms with E-state index in [9.17, 15) is 9.59 Å². The summed E-state index contributed by atoms with van der Waals surface area (Å²) >= 11 is 6.32. The van der Waals surface area contributed by atoms with E-state index < -0.39 is 0 Å². The quantitative estimate of drug-likeness (QED) is 0.372. The maximum Gasteiger partial charge on any atom is 0.254 e. The molecule has 1 aromatic heterocycles. The fourth-order valence-corrected chi connectivity index (χ4v) is 5.23. The molecule has 2 aromatic rings. The van der Waals surface area contributed by atoms with Crippen LogP contribution in [0.3, 0.4) is 0 Å². The minimum Gasteiger partial charge on any atom is -0.352 e. The summed E-state index contributed by atoms with van der Waals surface area (Å²) < 4.78 is 1.75. The molecule has 2 aliphatic rings. The summed E-state index contributed by atoms with van der Waals surface area (Å²) in [5.41, 5.74) is 4.18. The van der Waals surface area contributed by atoms with Gasteiger partial charge in [-0.25, -0.2) is 0 Å². The van der Waals surface area contributed by atoms with Crippen molar-refractivity contribution in [1.82, 2.24) is 25.3 Å². The van der Waals surface area contributed by atoms with Crippen molar-refractivity contribution < 1.29 is 9.59 Å². The van der Waals surface area contributed by atoms with Gasteiger partial charge < -0.3 is 20.9 Å². The van der Waals surface area contributed by atoms with Crippen LogP contribution in [0.15, 0.2) is 59.9 Å². The van der Waals surface area contributed by atoms with E-state index in [0.29, 0.717) is 42.6 Å². The molecule has 3 heterocycles. The van der Waals surface area contributed by atoms with Gasteiger partial charge in [-0.1, -0.05) is 50.2 Å². The SMILES string of the molecule is C=C/C=C(Cl)\C=C1/CN(C(=O)c2ccc(CNC(=O)CCC3CCNCC3)cc2C)Cc2cnn(C)c2N1.CC. The van der Waals surface area contributed by atoms with E-state index in [2.05, 4.69) is 27.6 Å². The molecular weight excluding hydrogens is 524 g/mol. The Morgan fingerprint density at radius 1 is 1.23 bits per heavy atom. The highest BCUT2D eigenvalue weighted by molar-refractivity contribution is 6.31. The van der Waals surface area contributed by atoms with Gasteiger partial charge in [0.2, 0.25) is 5.91 Å². The summed E-state index contributed by atoms with van der Waals surface area (Å²) in [6.07, 6.45) is 10.7. The summed E-state index contributed by atoms with van der Waals surface area (Å²) in [5, 5.41) is 14.6. The molecule has 3 N–H and O–H groups in total. The summed E-state index contributed by atoms with van der Waals surface area (Å²) in [6, 6.07) is 5.75. The van der Waals surface area contributed by atoms with E-state index in [1.807, 2.05) is 46.0 Å². The van der Waals surface area contributed by atoms with Crippen molar-refractivity contribution in [3.05, 3.63) is 82.2 Å². The minimum absolute atomic E-state index is 0.0757. The molecule has 0 saturated carbocycles. The van der Waals surface area contributed by atoms with E-state index >= 15 is 0 Å². The number of halogens is 1. The first-order valence-corrected chi connectivity index (χ1v) is 14.5. The van der Waals surface area contributed by atoms with Gasteiger partial charge in [0.25, 0.3) is 5.91 Å². The van der Waals surface area contributed by atoms with Gasteiger partial charge in [-0.2, -0.15) is 5.10 Å². The lowest BCUT2D eigenvalue weighted by atomic mass is 9.93. The van der Waals surface area contributed by atoms with Crippen molar-refractivity contribution in [2.24, 2.45) is 13.0 Å². The van der Waals surface area contributed by atoms with E-state index in [1.54, 1.807) is 34.0 Å². The van der Waals surface area contributed by atoms with E-state index in [4.69, 9.17) is 11.6 Å². The summed E-state index contributed by atoms with van der Waals surface area (Å²) in [6.45, 7) is 13.0. The largest absolute Gasteiger partial charge is 0.352 e. The molecule has 216 valence electrons. The van der Waals surface area contributed by atoms with Crippen LogP contribution >= 0.6 is 11.6 Å². The highest BCUT2D eigenvalue weighted by Crippen LogP contribution is 2.26. The molecule has 0 unspecified atom stereocenters. The molecule has 2 aliphatic heterocycles. The Kier molecular flexibility index (Phi) is 12.0. The van der Waals surface area contributed by atoms with Crippen molar-refractivity contribution in [2.45, 2.75) is 59.5 Å². The van der Waals surface area contributed by atoms with Crippen molar-refractivity contribution >= 4 is 29.2 Å². The fourth-order valence-electron chi connectivity index (χ4n) is 5.01. The maximum absolute atomic E-state index is 13.7. The second-order valence-electron chi connectivity index (χ2n) is 10.0. The van der Waals surface area contributed by atoms with Crippen LogP contribution in [0, 0.1) is 12.8 Å². The number of carbonyl (C=O) groups is 2. The van der Waals surface area contributed by atoms with Crippen LogP contribution in [0.25, 0.3) is 0 Å². The average molecular weight is 567 g/mol. The first-order valence-electron chi connectivity index (χ1n) is 14.2. The molecule has 0 aliphatic carbocycles. The topological polar surface area (TPSA) is 91.3 Å². The lowest BCUT2D eigenvalue weighted by Crippen LogP contribution is -2.32. The molecular formula is C31H43ClN6O2. The van der Waals surface area contributed by atoms with Gasteiger partial charge >= 0.3 is 0 Å². The predicted octanol–water partition coefficient (Wildman–Crippen LogP) is 5.41. The first kappa shape index (κ1) is 31.2. The second kappa shape index (κ2) is 15.4. The number of fused-ring (bicyclic) bond motifs is 1. The molecule has 9 heteroatoms. The molecule has 0 atom stereocenters. The minimum atomic E-state index is -0.0757. The van der Waals surface area contributed by atoms with E-state index in [1.165, 1.54) is 0 Å². The lowest BCUT2D eigenvalue weighted by Gasteiger charge is -2.22. The molecule has 4 rings (SSSR count). The van der Waals surface area contributed by atoms with Crippen LogP contribution in [0.5, 0.6) is 0 Å². The summed E-state index contributed by atoms with van der Waals surface area (Å²) in [7, 11) is 1.86. The van der Waals surface area contributed by atoms with Gasteiger partial charge in [0.05, 0.1) is 19.3 Å². The van der Waals surface area contributed by atoms with Crippen LogP contribution in [-0.2, 0) is 24.9 Å². The molecule has 0 radical (unpaired) electrons. The number of hydrogen-bond donors (Lipinski definition) is 3. The Bertz CT molecular complexity index is 1240. The number of rotatable bonds is 8.